The van der Waals surface area contributed by atoms with Crippen LogP contribution in [0, 0.1) is 11.8 Å². The molecule has 0 bridgehead atoms. The largest absolute Gasteiger partial charge is 0.444 e. The molecule has 138 valence electrons. The van der Waals surface area contributed by atoms with Crippen LogP contribution in [0.2, 0.25) is 0 Å². The number of hydrogen-bond donors (Lipinski definition) is 0. The summed E-state index contributed by atoms with van der Waals surface area (Å²) in [5.74, 6) is 1.07. The fourth-order valence-electron chi connectivity index (χ4n) is 3.81. The molecule has 0 spiro atoms. The van der Waals surface area contributed by atoms with Crippen LogP contribution in [0.25, 0.3) is 10.8 Å². The van der Waals surface area contributed by atoms with E-state index in [1.54, 1.807) is 0 Å². The normalized spacial score (nSPS) is 23.4. The maximum Gasteiger partial charge on any atom is 0.410 e. The first-order chi connectivity index (χ1) is 12.4. The molecule has 0 saturated carbocycles. The maximum atomic E-state index is 12.3. The number of amides is 1. The first-order valence-corrected chi connectivity index (χ1v) is 9.90. The number of pyridine rings is 1. The number of carbonyl (C=O) groups is 1. The minimum Gasteiger partial charge on any atom is -0.444 e. The fourth-order valence-corrected chi connectivity index (χ4v) is 5.05. The van der Waals surface area contributed by atoms with E-state index < -0.39 is 5.60 Å². The van der Waals surface area contributed by atoms with Crippen LogP contribution < -0.4 is 0 Å². The Hall–Kier alpha value is -1.79. The highest BCUT2D eigenvalue weighted by Gasteiger charge is 2.43. The Morgan fingerprint density at radius 3 is 2.58 bits per heavy atom. The van der Waals surface area contributed by atoms with E-state index >= 15 is 0 Å². The van der Waals surface area contributed by atoms with Gasteiger partial charge in [0.05, 0.1) is 0 Å². The zero-order chi connectivity index (χ0) is 18.3. The van der Waals surface area contributed by atoms with Crippen molar-refractivity contribution in [3.05, 3.63) is 36.7 Å². The van der Waals surface area contributed by atoms with Gasteiger partial charge in [0.15, 0.2) is 0 Å². The zero-order valence-electron chi connectivity index (χ0n) is 15.5. The summed E-state index contributed by atoms with van der Waals surface area (Å²) in [5.41, 5.74) is -0.431. The summed E-state index contributed by atoms with van der Waals surface area (Å²) in [6.07, 6.45) is 3.59. The molecule has 2 aliphatic rings. The third kappa shape index (κ3) is 3.67. The Morgan fingerprint density at radius 2 is 1.88 bits per heavy atom. The topological polar surface area (TPSA) is 45.7 Å². The van der Waals surface area contributed by atoms with E-state index in [2.05, 4.69) is 33.6 Å². The van der Waals surface area contributed by atoms with E-state index in [4.69, 9.17) is 4.74 Å². The summed E-state index contributed by atoms with van der Waals surface area (Å²) in [6.45, 7) is 9.37. The van der Waals surface area contributed by atoms with Gasteiger partial charge in [-0.2, -0.15) is 0 Å². The van der Waals surface area contributed by atoms with Crippen molar-refractivity contribution in [1.82, 2.24) is 14.2 Å². The standard InChI is InChI=1S/C20H25N3O2S/c1-20(2,3)25-19(24)22-10-15-12-23(13-16(15)11-22)26-18-6-4-5-14-9-21-8-7-17(14)18/h4-9,15-16H,10-13H2,1-3H3. The third-order valence-electron chi connectivity index (χ3n) is 4.97. The molecule has 2 aliphatic heterocycles. The molecule has 0 radical (unpaired) electrons. The molecule has 2 saturated heterocycles. The van der Waals surface area contributed by atoms with E-state index in [1.165, 1.54) is 15.7 Å². The van der Waals surface area contributed by atoms with Crippen molar-refractivity contribution in [2.45, 2.75) is 31.3 Å². The molecule has 3 heterocycles. The van der Waals surface area contributed by atoms with Crippen molar-refractivity contribution >= 4 is 28.8 Å². The zero-order valence-corrected chi connectivity index (χ0v) is 16.3. The average molecular weight is 372 g/mol. The SMILES string of the molecule is CC(C)(C)OC(=O)N1CC2CN(Sc3cccc4cnccc34)CC2C1. The molecule has 0 N–H and O–H groups in total. The minimum atomic E-state index is -0.431. The highest BCUT2D eigenvalue weighted by Crippen LogP contribution is 2.39. The lowest BCUT2D eigenvalue weighted by molar-refractivity contribution is 0.0279. The van der Waals surface area contributed by atoms with E-state index in [1.807, 2.05) is 50.0 Å². The third-order valence-corrected chi connectivity index (χ3v) is 6.08. The number of likely N-dealkylation sites (tertiary alicyclic amines) is 1. The van der Waals surface area contributed by atoms with Gasteiger partial charge in [-0.25, -0.2) is 9.10 Å². The molecule has 6 heteroatoms. The van der Waals surface area contributed by atoms with Crippen LogP contribution in [0.15, 0.2) is 41.6 Å². The van der Waals surface area contributed by atoms with E-state index in [0.717, 1.165) is 26.2 Å². The number of nitrogens with zero attached hydrogens (tertiary/aromatic N) is 3. The van der Waals surface area contributed by atoms with Crippen LogP contribution in [0.4, 0.5) is 4.79 Å². The van der Waals surface area contributed by atoms with Crippen molar-refractivity contribution in [2.75, 3.05) is 26.2 Å². The fraction of sp³-hybridized carbons (Fsp3) is 0.500. The Morgan fingerprint density at radius 1 is 1.15 bits per heavy atom. The number of rotatable bonds is 2. The summed E-state index contributed by atoms with van der Waals surface area (Å²) in [4.78, 5) is 19.7. The number of ether oxygens (including phenoxy) is 1. The monoisotopic (exact) mass is 371 g/mol. The van der Waals surface area contributed by atoms with E-state index in [9.17, 15) is 4.79 Å². The molecule has 26 heavy (non-hydrogen) atoms. The predicted octanol–water partition coefficient (Wildman–Crippen LogP) is 4.04. The molecular weight excluding hydrogens is 346 g/mol. The lowest BCUT2D eigenvalue weighted by Gasteiger charge is -2.25. The van der Waals surface area contributed by atoms with Gasteiger partial charge in [0, 0.05) is 48.9 Å². The van der Waals surface area contributed by atoms with Gasteiger partial charge in [-0.1, -0.05) is 12.1 Å². The van der Waals surface area contributed by atoms with Gasteiger partial charge >= 0.3 is 6.09 Å². The second-order valence-corrected chi connectivity index (χ2v) is 9.34. The van der Waals surface area contributed by atoms with Crippen LogP contribution in [0.5, 0.6) is 0 Å². The van der Waals surface area contributed by atoms with E-state index in [0.29, 0.717) is 11.8 Å². The summed E-state index contributed by atoms with van der Waals surface area (Å²) >= 11 is 1.83. The average Bonchev–Trinajstić information content (AvgIpc) is 3.12. The maximum absolute atomic E-state index is 12.3. The molecule has 2 aromatic rings. The quantitative estimate of drug-likeness (QED) is 0.746. The van der Waals surface area contributed by atoms with Gasteiger partial charge in [-0.05, 0) is 62.1 Å². The number of aromatic nitrogens is 1. The Labute approximate surface area is 158 Å². The number of hydrogen-bond acceptors (Lipinski definition) is 5. The first-order valence-electron chi connectivity index (χ1n) is 9.13. The molecule has 2 fully saturated rings. The minimum absolute atomic E-state index is 0.173. The molecule has 5 nitrogen and oxygen atoms in total. The molecule has 1 aromatic carbocycles. The predicted molar refractivity (Wildman–Crippen MR) is 104 cm³/mol. The molecule has 2 unspecified atom stereocenters. The Balaban J connectivity index is 1.38. The van der Waals surface area contributed by atoms with Crippen LogP contribution in [-0.2, 0) is 4.74 Å². The molecule has 2 atom stereocenters. The van der Waals surface area contributed by atoms with Crippen LogP contribution in [-0.4, -0.2) is 52.1 Å². The first kappa shape index (κ1) is 17.6. The van der Waals surface area contributed by atoms with Gasteiger partial charge in [0.25, 0.3) is 0 Å². The van der Waals surface area contributed by atoms with E-state index in [-0.39, 0.29) is 6.09 Å². The number of fused-ring (bicyclic) bond motifs is 2. The second kappa shape index (κ2) is 6.74. The van der Waals surface area contributed by atoms with Crippen molar-refractivity contribution in [1.29, 1.82) is 0 Å². The second-order valence-electron chi connectivity index (χ2n) is 8.20. The summed E-state index contributed by atoms with van der Waals surface area (Å²) in [5, 5.41) is 2.42. The molecule has 4 rings (SSSR count). The highest BCUT2D eigenvalue weighted by atomic mass is 32.2. The molecule has 1 amide bonds. The van der Waals surface area contributed by atoms with Crippen molar-refractivity contribution in [3.63, 3.8) is 0 Å². The van der Waals surface area contributed by atoms with Crippen LogP contribution in [0.1, 0.15) is 20.8 Å². The number of benzene rings is 1. The van der Waals surface area contributed by atoms with Gasteiger partial charge in [-0.3, -0.25) is 4.98 Å². The van der Waals surface area contributed by atoms with Gasteiger partial charge < -0.3 is 9.64 Å². The summed E-state index contributed by atoms with van der Waals surface area (Å²) in [7, 11) is 0. The Bertz CT molecular complexity index is 801. The van der Waals surface area contributed by atoms with Crippen LogP contribution >= 0.6 is 11.9 Å². The molecular formula is C20H25N3O2S. The summed E-state index contributed by atoms with van der Waals surface area (Å²) < 4.78 is 7.96. The van der Waals surface area contributed by atoms with Gasteiger partial charge in [-0.15, -0.1) is 0 Å². The van der Waals surface area contributed by atoms with Gasteiger partial charge in [0.1, 0.15) is 5.60 Å². The molecule has 0 aliphatic carbocycles. The van der Waals surface area contributed by atoms with Gasteiger partial charge in [0.2, 0.25) is 0 Å². The Kier molecular flexibility index (Phi) is 4.57. The van der Waals surface area contributed by atoms with Crippen molar-refractivity contribution in [3.8, 4) is 0 Å². The number of carbonyl (C=O) groups excluding carboxylic acids is 1. The highest BCUT2D eigenvalue weighted by molar-refractivity contribution is 7.97. The smallest absolute Gasteiger partial charge is 0.410 e. The van der Waals surface area contributed by atoms with Crippen molar-refractivity contribution in [2.24, 2.45) is 11.8 Å². The molecule has 1 aromatic heterocycles. The lowest BCUT2D eigenvalue weighted by atomic mass is 10.0. The van der Waals surface area contributed by atoms with Crippen LogP contribution in [0.3, 0.4) is 0 Å². The summed E-state index contributed by atoms with van der Waals surface area (Å²) in [6, 6.07) is 8.45. The van der Waals surface area contributed by atoms with Crippen molar-refractivity contribution < 1.29 is 9.53 Å². The lowest BCUT2D eigenvalue weighted by Crippen LogP contribution is -2.37.